The SMILES string of the molecule is Cc1cccc2sc(NC(=O)[C@H](C)SCC(=O)Nc3ccc(F)cc3)nc12. The summed E-state index contributed by atoms with van der Waals surface area (Å²) >= 11 is 2.65. The topological polar surface area (TPSA) is 71.1 Å². The Kier molecular flexibility index (Phi) is 6.08. The Morgan fingerprint density at radius 2 is 1.93 bits per heavy atom. The van der Waals surface area contributed by atoms with E-state index in [0.717, 1.165) is 15.8 Å². The van der Waals surface area contributed by atoms with Crippen molar-refractivity contribution in [3.8, 4) is 0 Å². The van der Waals surface area contributed by atoms with Gasteiger partial charge in [-0.15, -0.1) is 11.8 Å². The van der Waals surface area contributed by atoms with E-state index >= 15 is 0 Å². The summed E-state index contributed by atoms with van der Waals surface area (Å²) in [6.07, 6.45) is 0. The molecule has 1 aromatic heterocycles. The van der Waals surface area contributed by atoms with Gasteiger partial charge in [0.2, 0.25) is 11.8 Å². The fourth-order valence-electron chi connectivity index (χ4n) is 2.35. The molecule has 3 rings (SSSR count). The third-order valence-corrected chi connectivity index (χ3v) is 5.89. The number of hydrogen-bond donors (Lipinski definition) is 2. The van der Waals surface area contributed by atoms with E-state index in [1.165, 1.54) is 47.4 Å². The minimum Gasteiger partial charge on any atom is -0.325 e. The molecule has 1 heterocycles. The highest BCUT2D eigenvalue weighted by molar-refractivity contribution is 8.01. The van der Waals surface area contributed by atoms with Gasteiger partial charge in [0.05, 0.1) is 21.2 Å². The van der Waals surface area contributed by atoms with Crippen molar-refractivity contribution in [3.05, 3.63) is 53.8 Å². The number of carbonyl (C=O) groups is 2. The van der Waals surface area contributed by atoms with Gasteiger partial charge in [0.15, 0.2) is 5.13 Å². The maximum atomic E-state index is 12.9. The Labute approximate surface area is 164 Å². The molecule has 0 saturated carbocycles. The van der Waals surface area contributed by atoms with Crippen molar-refractivity contribution in [3.63, 3.8) is 0 Å². The van der Waals surface area contributed by atoms with Crippen molar-refractivity contribution in [2.24, 2.45) is 0 Å². The average Bonchev–Trinajstić information content (AvgIpc) is 3.05. The van der Waals surface area contributed by atoms with Crippen molar-refractivity contribution < 1.29 is 14.0 Å². The van der Waals surface area contributed by atoms with Crippen LogP contribution in [-0.2, 0) is 9.59 Å². The van der Waals surface area contributed by atoms with Gasteiger partial charge in [-0.25, -0.2) is 9.37 Å². The van der Waals surface area contributed by atoms with Gasteiger partial charge in [0.1, 0.15) is 5.82 Å². The summed E-state index contributed by atoms with van der Waals surface area (Å²) < 4.78 is 13.9. The molecule has 2 aromatic carbocycles. The number of aryl methyl sites for hydroxylation is 1. The lowest BCUT2D eigenvalue weighted by Crippen LogP contribution is -2.25. The van der Waals surface area contributed by atoms with E-state index in [2.05, 4.69) is 15.6 Å². The fraction of sp³-hybridized carbons (Fsp3) is 0.211. The molecule has 0 bridgehead atoms. The van der Waals surface area contributed by atoms with E-state index in [1.807, 2.05) is 25.1 Å². The third kappa shape index (κ3) is 5.05. The number of carbonyl (C=O) groups excluding carboxylic acids is 2. The first-order valence-corrected chi connectivity index (χ1v) is 10.1. The van der Waals surface area contributed by atoms with Gasteiger partial charge >= 0.3 is 0 Å². The first-order valence-electron chi connectivity index (χ1n) is 8.26. The molecule has 0 aliphatic carbocycles. The molecule has 0 radical (unpaired) electrons. The predicted molar refractivity (Wildman–Crippen MR) is 110 cm³/mol. The summed E-state index contributed by atoms with van der Waals surface area (Å²) in [5.74, 6) is -0.698. The van der Waals surface area contributed by atoms with Crippen LogP contribution in [-0.4, -0.2) is 27.8 Å². The minimum absolute atomic E-state index is 0.116. The normalized spacial score (nSPS) is 12.0. The summed E-state index contributed by atoms with van der Waals surface area (Å²) in [6.45, 7) is 3.72. The number of fused-ring (bicyclic) bond motifs is 1. The number of rotatable bonds is 6. The van der Waals surface area contributed by atoms with Crippen molar-refractivity contribution in [2.75, 3.05) is 16.4 Å². The van der Waals surface area contributed by atoms with Gasteiger partial charge in [0.25, 0.3) is 0 Å². The largest absolute Gasteiger partial charge is 0.325 e. The van der Waals surface area contributed by atoms with Crippen molar-refractivity contribution in [1.82, 2.24) is 4.98 Å². The molecule has 2 N–H and O–H groups in total. The van der Waals surface area contributed by atoms with E-state index in [0.29, 0.717) is 10.8 Å². The Balaban J connectivity index is 1.51. The first kappa shape index (κ1) is 19.3. The molecule has 8 heteroatoms. The van der Waals surface area contributed by atoms with Crippen LogP contribution in [0.25, 0.3) is 10.2 Å². The van der Waals surface area contributed by atoms with Gasteiger partial charge in [-0.05, 0) is 49.7 Å². The van der Waals surface area contributed by atoms with Gasteiger partial charge in [-0.2, -0.15) is 0 Å². The van der Waals surface area contributed by atoms with Crippen LogP contribution in [0, 0.1) is 12.7 Å². The minimum atomic E-state index is -0.419. The molecule has 0 fully saturated rings. The highest BCUT2D eigenvalue weighted by atomic mass is 32.2. The number of amides is 2. The summed E-state index contributed by atoms with van der Waals surface area (Å²) in [5.41, 5.74) is 2.46. The molecular formula is C19H18FN3O2S2. The smallest absolute Gasteiger partial charge is 0.239 e. The zero-order valence-electron chi connectivity index (χ0n) is 14.8. The predicted octanol–water partition coefficient (Wildman–Crippen LogP) is 4.44. The lowest BCUT2D eigenvalue weighted by Gasteiger charge is -2.10. The number of benzene rings is 2. The molecule has 0 aliphatic rings. The van der Waals surface area contributed by atoms with E-state index in [9.17, 15) is 14.0 Å². The molecule has 140 valence electrons. The number of thioether (sulfide) groups is 1. The Hall–Kier alpha value is -2.45. The van der Waals surface area contributed by atoms with Crippen molar-refractivity contribution >= 4 is 55.9 Å². The Morgan fingerprint density at radius 1 is 1.19 bits per heavy atom. The second kappa shape index (κ2) is 8.49. The van der Waals surface area contributed by atoms with Crippen LogP contribution >= 0.6 is 23.1 Å². The van der Waals surface area contributed by atoms with Gasteiger partial charge in [-0.3, -0.25) is 9.59 Å². The van der Waals surface area contributed by atoms with Crippen LogP contribution in [0.1, 0.15) is 12.5 Å². The van der Waals surface area contributed by atoms with Gasteiger partial charge in [0, 0.05) is 5.69 Å². The van der Waals surface area contributed by atoms with E-state index < -0.39 is 5.25 Å². The molecule has 0 spiro atoms. The average molecular weight is 404 g/mol. The first-order chi connectivity index (χ1) is 12.9. The quantitative estimate of drug-likeness (QED) is 0.638. The second-order valence-corrected chi connectivity index (χ2v) is 8.30. The van der Waals surface area contributed by atoms with Crippen LogP contribution < -0.4 is 10.6 Å². The fourth-order valence-corrected chi connectivity index (χ4v) is 3.98. The number of aromatic nitrogens is 1. The van der Waals surface area contributed by atoms with E-state index in [4.69, 9.17) is 0 Å². The molecule has 2 amide bonds. The molecule has 0 saturated heterocycles. The maximum absolute atomic E-state index is 12.9. The van der Waals surface area contributed by atoms with Crippen LogP contribution in [0.3, 0.4) is 0 Å². The number of hydrogen-bond acceptors (Lipinski definition) is 5. The van der Waals surface area contributed by atoms with Crippen LogP contribution in [0.2, 0.25) is 0 Å². The lowest BCUT2D eigenvalue weighted by molar-refractivity contribution is -0.115. The second-order valence-electron chi connectivity index (χ2n) is 5.94. The molecule has 0 aliphatic heterocycles. The number of thiazole rings is 1. The number of nitrogens with one attached hydrogen (secondary N) is 2. The maximum Gasteiger partial charge on any atom is 0.239 e. The monoisotopic (exact) mass is 403 g/mol. The van der Waals surface area contributed by atoms with Crippen LogP contribution in [0.4, 0.5) is 15.2 Å². The molecule has 3 aromatic rings. The highest BCUT2D eigenvalue weighted by Gasteiger charge is 2.17. The summed E-state index contributed by atoms with van der Waals surface area (Å²) in [4.78, 5) is 28.8. The van der Waals surface area contributed by atoms with Gasteiger partial charge < -0.3 is 10.6 Å². The molecule has 0 unspecified atom stereocenters. The highest BCUT2D eigenvalue weighted by Crippen LogP contribution is 2.28. The van der Waals surface area contributed by atoms with Crippen molar-refractivity contribution in [2.45, 2.75) is 19.1 Å². The van der Waals surface area contributed by atoms with Crippen molar-refractivity contribution in [1.29, 1.82) is 0 Å². The van der Waals surface area contributed by atoms with Crippen LogP contribution in [0.15, 0.2) is 42.5 Å². The Bertz CT molecular complexity index is 973. The number of para-hydroxylation sites is 1. The zero-order valence-corrected chi connectivity index (χ0v) is 16.4. The standard InChI is InChI=1S/C19H18FN3O2S2/c1-11-4-3-5-15-17(11)22-19(27-15)23-18(25)12(2)26-10-16(24)21-14-8-6-13(20)7-9-14/h3-9,12H,10H2,1-2H3,(H,21,24)(H,22,23,25)/t12-/m0/s1. The molecule has 27 heavy (non-hydrogen) atoms. The summed E-state index contributed by atoms with van der Waals surface area (Å²) in [7, 11) is 0. The molecule has 1 atom stereocenters. The number of nitrogens with zero attached hydrogens (tertiary/aromatic N) is 1. The summed E-state index contributed by atoms with van der Waals surface area (Å²) in [5, 5.41) is 5.61. The number of anilines is 2. The van der Waals surface area contributed by atoms with Crippen LogP contribution in [0.5, 0.6) is 0 Å². The zero-order chi connectivity index (χ0) is 19.4. The molecule has 5 nitrogen and oxygen atoms in total. The van der Waals surface area contributed by atoms with Gasteiger partial charge in [-0.1, -0.05) is 23.5 Å². The summed E-state index contributed by atoms with van der Waals surface area (Å²) in [6, 6.07) is 11.4. The number of halogens is 1. The Morgan fingerprint density at radius 3 is 2.63 bits per heavy atom. The third-order valence-electron chi connectivity index (χ3n) is 3.81. The lowest BCUT2D eigenvalue weighted by atomic mass is 10.2. The van der Waals surface area contributed by atoms with E-state index in [-0.39, 0.29) is 23.4 Å². The molecular weight excluding hydrogens is 385 g/mol. The van der Waals surface area contributed by atoms with E-state index in [1.54, 1.807) is 6.92 Å².